The van der Waals surface area contributed by atoms with Gasteiger partial charge in [-0.3, -0.25) is 9.59 Å². The average molecular weight is 316 g/mol. The number of halogens is 1. The van der Waals surface area contributed by atoms with E-state index < -0.39 is 0 Å². The molecular formula is C14H22ClN3O3. The van der Waals surface area contributed by atoms with Crippen LogP contribution in [0.15, 0.2) is 18.2 Å². The quantitative estimate of drug-likeness (QED) is 0.832. The minimum absolute atomic E-state index is 0. The molecule has 0 aliphatic rings. The van der Waals surface area contributed by atoms with Crippen LogP contribution >= 0.6 is 12.4 Å². The lowest BCUT2D eigenvalue weighted by Gasteiger charge is -2.15. The van der Waals surface area contributed by atoms with Gasteiger partial charge in [0.15, 0.2) is 0 Å². The normalized spacial score (nSPS) is 9.52. The largest absolute Gasteiger partial charge is 0.492 e. The van der Waals surface area contributed by atoms with E-state index in [0.29, 0.717) is 23.6 Å². The molecule has 2 amide bonds. The first-order valence-corrected chi connectivity index (χ1v) is 6.42. The van der Waals surface area contributed by atoms with Crippen LogP contribution in [-0.4, -0.2) is 51.0 Å². The van der Waals surface area contributed by atoms with Crippen molar-refractivity contribution >= 4 is 29.9 Å². The maximum absolute atomic E-state index is 11.9. The first-order valence-electron chi connectivity index (χ1n) is 6.42. The molecule has 0 bridgehead atoms. The molecule has 0 saturated heterocycles. The molecule has 0 heterocycles. The molecule has 21 heavy (non-hydrogen) atoms. The van der Waals surface area contributed by atoms with Gasteiger partial charge in [0, 0.05) is 19.7 Å². The van der Waals surface area contributed by atoms with Crippen molar-refractivity contribution in [1.29, 1.82) is 0 Å². The number of nitrogens with one attached hydrogen (secondary N) is 2. The second-order valence-electron chi connectivity index (χ2n) is 4.42. The molecule has 0 radical (unpaired) electrons. The minimum Gasteiger partial charge on any atom is -0.492 e. The maximum atomic E-state index is 11.9. The number of nitrogens with zero attached hydrogens (tertiary/aromatic N) is 1. The first kappa shape index (κ1) is 19.2. The van der Waals surface area contributed by atoms with E-state index in [1.54, 1.807) is 39.3 Å². The van der Waals surface area contributed by atoms with E-state index in [4.69, 9.17) is 4.74 Å². The zero-order valence-corrected chi connectivity index (χ0v) is 13.5. The summed E-state index contributed by atoms with van der Waals surface area (Å²) in [5, 5.41) is 5.51. The highest BCUT2D eigenvalue weighted by Gasteiger charge is 2.13. The van der Waals surface area contributed by atoms with Crippen molar-refractivity contribution in [2.75, 3.05) is 39.6 Å². The third-order valence-electron chi connectivity index (χ3n) is 2.55. The predicted molar refractivity (Wildman–Crippen MR) is 85.4 cm³/mol. The van der Waals surface area contributed by atoms with Crippen LogP contribution in [0.5, 0.6) is 5.75 Å². The van der Waals surface area contributed by atoms with Crippen molar-refractivity contribution in [3.8, 4) is 5.75 Å². The van der Waals surface area contributed by atoms with Crippen molar-refractivity contribution in [2.24, 2.45) is 0 Å². The Morgan fingerprint density at radius 2 is 1.95 bits per heavy atom. The number of carbonyl (C=O) groups excluding carboxylic acids is 2. The highest BCUT2D eigenvalue weighted by atomic mass is 35.5. The summed E-state index contributed by atoms with van der Waals surface area (Å²) >= 11 is 0. The number of carbonyl (C=O) groups is 2. The smallest absolute Gasteiger partial charge is 0.253 e. The number of ether oxygens (including phenoxy) is 1. The second-order valence-corrected chi connectivity index (χ2v) is 4.42. The molecule has 0 fully saturated rings. The SMILES string of the molecule is CCOc1cc(C(=O)N(C)C)ccc1NC(=O)CNC.Cl. The zero-order valence-electron chi connectivity index (χ0n) is 12.7. The average Bonchev–Trinajstić information content (AvgIpc) is 2.40. The fourth-order valence-corrected chi connectivity index (χ4v) is 1.65. The number of rotatable bonds is 6. The fourth-order valence-electron chi connectivity index (χ4n) is 1.65. The van der Waals surface area contributed by atoms with Gasteiger partial charge in [0.2, 0.25) is 5.91 Å². The lowest BCUT2D eigenvalue weighted by Crippen LogP contribution is -2.25. The molecule has 1 aromatic rings. The van der Waals surface area contributed by atoms with Gasteiger partial charge in [0.25, 0.3) is 5.91 Å². The molecule has 6 nitrogen and oxygen atoms in total. The first-order chi connectivity index (χ1) is 9.49. The van der Waals surface area contributed by atoms with Gasteiger partial charge < -0.3 is 20.3 Å². The summed E-state index contributed by atoms with van der Waals surface area (Å²) in [5.74, 6) is 0.212. The predicted octanol–water partition coefficient (Wildman–Crippen LogP) is 1.37. The molecule has 1 rings (SSSR count). The molecule has 2 N–H and O–H groups in total. The van der Waals surface area contributed by atoms with E-state index in [-0.39, 0.29) is 30.8 Å². The van der Waals surface area contributed by atoms with E-state index in [1.165, 1.54) is 4.90 Å². The van der Waals surface area contributed by atoms with E-state index in [1.807, 2.05) is 6.92 Å². The third-order valence-corrected chi connectivity index (χ3v) is 2.55. The molecule has 0 aliphatic heterocycles. The molecule has 0 atom stereocenters. The van der Waals surface area contributed by atoms with Gasteiger partial charge in [0.05, 0.1) is 18.8 Å². The highest BCUT2D eigenvalue weighted by Crippen LogP contribution is 2.26. The van der Waals surface area contributed by atoms with Gasteiger partial charge in [-0.2, -0.15) is 0 Å². The molecule has 0 spiro atoms. The van der Waals surface area contributed by atoms with E-state index >= 15 is 0 Å². The lowest BCUT2D eigenvalue weighted by molar-refractivity contribution is -0.115. The van der Waals surface area contributed by atoms with Crippen molar-refractivity contribution in [2.45, 2.75) is 6.92 Å². The molecule has 0 aliphatic carbocycles. The van der Waals surface area contributed by atoms with Crippen LogP contribution in [0.1, 0.15) is 17.3 Å². The number of hydrogen-bond acceptors (Lipinski definition) is 4. The second kappa shape index (κ2) is 9.20. The Bertz CT molecular complexity index is 492. The van der Waals surface area contributed by atoms with Crippen molar-refractivity contribution < 1.29 is 14.3 Å². The Labute approximate surface area is 131 Å². The summed E-state index contributed by atoms with van der Waals surface area (Å²) in [6.45, 7) is 2.51. The van der Waals surface area contributed by atoms with Gasteiger partial charge in [-0.15, -0.1) is 12.4 Å². The maximum Gasteiger partial charge on any atom is 0.253 e. The van der Waals surface area contributed by atoms with Crippen LogP contribution in [0, 0.1) is 0 Å². The van der Waals surface area contributed by atoms with Crippen LogP contribution in [0.4, 0.5) is 5.69 Å². The Kier molecular flexibility index (Phi) is 8.42. The number of hydrogen-bond donors (Lipinski definition) is 2. The molecule has 1 aromatic carbocycles. The van der Waals surface area contributed by atoms with Crippen LogP contribution in [0.3, 0.4) is 0 Å². The topological polar surface area (TPSA) is 70.7 Å². The summed E-state index contributed by atoms with van der Waals surface area (Å²) in [4.78, 5) is 25.0. The van der Waals surface area contributed by atoms with Gasteiger partial charge in [-0.1, -0.05) is 0 Å². The number of benzene rings is 1. The summed E-state index contributed by atoms with van der Waals surface area (Å²) in [7, 11) is 5.07. The fraction of sp³-hybridized carbons (Fsp3) is 0.429. The Morgan fingerprint density at radius 3 is 2.48 bits per heavy atom. The van der Waals surface area contributed by atoms with Crippen LogP contribution in [-0.2, 0) is 4.79 Å². The highest BCUT2D eigenvalue weighted by molar-refractivity contribution is 5.97. The molecule has 7 heteroatoms. The standard InChI is InChI=1S/C14H21N3O3.ClH/c1-5-20-12-8-10(14(19)17(3)4)6-7-11(12)16-13(18)9-15-2;/h6-8,15H,5,9H2,1-4H3,(H,16,18);1H. The Hall–Kier alpha value is -1.79. The van der Waals surface area contributed by atoms with E-state index in [2.05, 4.69) is 10.6 Å². The van der Waals surface area contributed by atoms with Gasteiger partial charge >= 0.3 is 0 Å². The van der Waals surface area contributed by atoms with Crippen molar-refractivity contribution in [3.05, 3.63) is 23.8 Å². The van der Waals surface area contributed by atoms with E-state index in [9.17, 15) is 9.59 Å². The van der Waals surface area contributed by atoms with Crippen molar-refractivity contribution in [3.63, 3.8) is 0 Å². The minimum atomic E-state index is -0.167. The molecule has 0 saturated carbocycles. The van der Waals surface area contributed by atoms with E-state index in [0.717, 1.165) is 0 Å². The summed E-state index contributed by atoms with van der Waals surface area (Å²) in [6.07, 6.45) is 0. The molecular weight excluding hydrogens is 294 g/mol. The Balaban J connectivity index is 0.00000400. The molecule has 0 unspecified atom stereocenters. The number of likely N-dealkylation sites (N-methyl/N-ethyl adjacent to an activating group) is 1. The number of anilines is 1. The van der Waals surface area contributed by atoms with Crippen LogP contribution in [0.2, 0.25) is 0 Å². The third kappa shape index (κ3) is 5.61. The van der Waals surface area contributed by atoms with Crippen LogP contribution in [0.25, 0.3) is 0 Å². The summed E-state index contributed by atoms with van der Waals surface area (Å²) in [5.41, 5.74) is 1.08. The van der Waals surface area contributed by atoms with Crippen LogP contribution < -0.4 is 15.4 Å². The van der Waals surface area contributed by atoms with Crippen molar-refractivity contribution in [1.82, 2.24) is 10.2 Å². The number of amides is 2. The summed E-state index contributed by atoms with van der Waals surface area (Å²) in [6, 6.07) is 4.98. The molecule has 0 aromatic heterocycles. The lowest BCUT2D eigenvalue weighted by atomic mass is 10.1. The molecule has 118 valence electrons. The zero-order chi connectivity index (χ0) is 15.1. The Morgan fingerprint density at radius 1 is 1.29 bits per heavy atom. The summed E-state index contributed by atoms with van der Waals surface area (Å²) < 4.78 is 5.48. The monoisotopic (exact) mass is 315 g/mol. The van der Waals surface area contributed by atoms with Gasteiger partial charge in [-0.05, 0) is 32.2 Å². The van der Waals surface area contributed by atoms with Gasteiger partial charge in [-0.25, -0.2) is 0 Å². The van der Waals surface area contributed by atoms with Gasteiger partial charge in [0.1, 0.15) is 5.75 Å².